The predicted octanol–water partition coefficient (Wildman–Crippen LogP) is 6.21. The number of likely N-dealkylation sites (N-methyl/N-ethyl adjacent to an activating group) is 1. The number of allylic oxidation sites excluding steroid dienone is 2. The Morgan fingerprint density at radius 3 is 2.44 bits per heavy atom. The maximum Gasteiger partial charge on any atom is 0.243 e. The molecule has 0 N–H and O–H groups in total. The molecule has 0 bridgehead atoms. The molecule has 0 aromatic heterocycles. The normalized spacial score (nSPS) is 19.1. The Hall–Kier alpha value is -2.96. The van der Waals surface area contributed by atoms with E-state index in [1.165, 1.54) is 16.3 Å². The van der Waals surface area contributed by atoms with Gasteiger partial charge in [-0.05, 0) is 66.8 Å². The molecule has 2 aliphatic heterocycles. The van der Waals surface area contributed by atoms with Crippen LogP contribution in [0, 0.1) is 6.92 Å². The van der Waals surface area contributed by atoms with E-state index in [0.717, 1.165) is 42.8 Å². The zero-order valence-electron chi connectivity index (χ0n) is 21.5. The molecule has 0 radical (unpaired) electrons. The molecule has 2 aliphatic rings. The molecule has 1 fully saturated rings. The lowest BCUT2D eigenvalue weighted by Gasteiger charge is -2.27. The largest absolute Gasteiger partial charge is 0.344 e. The van der Waals surface area contributed by atoms with Gasteiger partial charge in [-0.15, -0.1) is 0 Å². The van der Waals surface area contributed by atoms with Crippen molar-refractivity contribution in [2.75, 3.05) is 24.5 Å². The van der Waals surface area contributed by atoms with Crippen molar-refractivity contribution < 1.29 is 13.2 Å². The van der Waals surface area contributed by atoms with E-state index in [1.54, 1.807) is 28.6 Å². The van der Waals surface area contributed by atoms with Crippen LogP contribution < -0.4 is 4.90 Å². The summed E-state index contributed by atoms with van der Waals surface area (Å²) in [6.45, 7) is 10.1. The average molecular weight is 503 g/mol. The highest BCUT2D eigenvalue weighted by atomic mass is 32.2. The first-order chi connectivity index (χ1) is 17.2. The lowest BCUT2D eigenvalue weighted by atomic mass is 9.80. The number of rotatable bonds is 5. The van der Waals surface area contributed by atoms with E-state index in [0.29, 0.717) is 18.7 Å². The SMILES string of the molecule is CCN1/C(=C\C(=O)c2cc(S(=O)(=O)N3CCCCC3)ccc2C)C(C)(C)c2c1ccc1ccccc21. The van der Waals surface area contributed by atoms with Gasteiger partial charge < -0.3 is 4.90 Å². The molecule has 188 valence electrons. The quantitative estimate of drug-likeness (QED) is 0.308. The molecular formula is C30H34N2O3S. The van der Waals surface area contributed by atoms with Crippen LogP contribution in [0.4, 0.5) is 5.69 Å². The molecule has 0 aliphatic carbocycles. The summed E-state index contributed by atoms with van der Waals surface area (Å²) in [7, 11) is -3.62. The van der Waals surface area contributed by atoms with Gasteiger partial charge >= 0.3 is 0 Å². The van der Waals surface area contributed by atoms with Gasteiger partial charge in [-0.25, -0.2) is 8.42 Å². The molecule has 3 aromatic carbocycles. The molecule has 36 heavy (non-hydrogen) atoms. The Morgan fingerprint density at radius 1 is 1.00 bits per heavy atom. The van der Waals surface area contributed by atoms with Crippen molar-refractivity contribution in [2.24, 2.45) is 0 Å². The predicted molar refractivity (Wildman–Crippen MR) is 146 cm³/mol. The van der Waals surface area contributed by atoms with Gasteiger partial charge in [0.1, 0.15) is 0 Å². The van der Waals surface area contributed by atoms with E-state index in [9.17, 15) is 13.2 Å². The van der Waals surface area contributed by atoms with Crippen LogP contribution in [-0.4, -0.2) is 38.1 Å². The number of nitrogens with zero attached hydrogens (tertiary/aromatic N) is 2. The van der Waals surface area contributed by atoms with Crippen molar-refractivity contribution in [1.29, 1.82) is 0 Å². The topological polar surface area (TPSA) is 57.7 Å². The zero-order chi connectivity index (χ0) is 25.7. The number of carbonyl (C=O) groups is 1. The number of fused-ring (bicyclic) bond motifs is 3. The molecule has 6 heteroatoms. The summed E-state index contributed by atoms with van der Waals surface area (Å²) in [4.78, 5) is 16.1. The first-order valence-corrected chi connectivity index (χ1v) is 14.3. The fraction of sp³-hybridized carbons (Fsp3) is 0.367. The Labute approximate surface area is 214 Å². The number of anilines is 1. The zero-order valence-corrected chi connectivity index (χ0v) is 22.4. The van der Waals surface area contributed by atoms with Crippen LogP contribution in [-0.2, 0) is 15.4 Å². The Kier molecular flexibility index (Phi) is 6.29. The second-order valence-electron chi connectivity index (χ2n) is 10.4. The van der Waals surface area contributed by atoms with E-state index < -0.39 is 10.0 Å². The van der Waals surface area contributed by atoms with Gasteiger partial charge in [-0.1, -0.05) is 56.7 Å². The smallest absolute Gasteiger partial charge is 0.243 e. The summed E-state index contributed by atoms with van der Waals surface area (Å²) in [6, 6.07) is 17.6. The fourth-order valence-electron chi connectivity index (χ4n) is 5.82. The minimum Gasteiger partial charge on any atom is -0.344 e. The van der Waals surface area contributed by atoms with Crippen LogP contribution in [0.2, 0.25) is 0 Å². The van der Waals surface area contributed by atoms with Crippen LogP contribution in [0.15, 0.2) is 71.3 Å². The standard InChI is InChI=1S/C30H34N2O3S/c1-5-32-26-16-14-22-11-7-8-12-24(22)29(26)30(3,4)28(32)20-27(33)25-19-23(15-13-21(25)2)36(34,35)31-17-9-6-10-18-31/h7-8,11-16,19-20H,5-6,9-10,17-18H2,1-4H3/b28-20-. The highest BCUT2D eigenvalue weighted by molar-refractivity contribution is 7.89. The highest BCUT2D eigenvalue weighted by Gasteiger charge is 2.41. The van der Waals surface area contributed by atoms with Crippen LogP contribution in [0.25, 0.3) is 10.8 Å². The molecular weight excluding hydrogens is 468 g/mol. The average Bonchev–Trinajstić information content (AvgIpc) is 3.10. The summed E-state index contributed by atoms with van der Waals surface area (Å²) >= 11 is 0. The molecule has 0 unspecified atom stereocenters. The summed E-state index contributed by atoms with van der Waals surface area (Å²) < 4.78 is 28.1. The number of hydrogen-bond donors (Lipinski definition) is 0. The van der Waals surface area contributed by atoms with E-state index in [-0.39, 0.29) is 16.1 Å². The summed E-state index contributed by atoms with van der Waals surface area (Å²) in [5.41, 5.74) is 4.11. The molecule has 3 aromatic rings. The van der Waals surface area contributed by atoms with Gasteiger partial charge in [0.2, 0.25) is 10.0 Å². The van der Waals surface area contributed by atoms with Crippen LogP contribution in [0.5, 0.6) is 0 Å². The van der Waals surface area contributed by atoms with E-state index in [2.05, 4.69) is 56.0 Å². The van der Waals surface area contributed by atoms with Gasteiger partial charge in [0, 0.05) is 48.1 Å². The summed E-state index contributed by atoms with van der Waals surface area (Å²) in [6.07, 6.45) is 4.52. The molecule has 2 heterocycles. The van der Waals surface area contributed by atoms with Crippen LogP contribution in [0.3, 0.4) is 0 Å². The molecule has 1 saturated heterocycles. The van der Waals surface area contributed by atoms with E-state index in [1.807, 2.05) is 13.0 Å². The van der Waals surface area contributed by atoms with Crippen LogP contribution >= 0.6 is 0 Å². The number of benzene rings is 3. The number of carbonyl (C=O) groups excluding carboxylic acids is 1. The monoisotopic (exact) mass is 502 g/mol. The molecule has 0 atom stereocenters. The highest BCUT2D eigenvalue weighted by Crippen LogP contribution is 2.50. The second kappa shape index (κ2) is 9.16. The maximum atomic E-state index is 13.7. The van der Waals surface area contributed by atoms with Crippen molar-refractivity contribution in [3.63, 3.8) is 0 Å². The minimum atomic E-state index is -3.62. The number of sulfonamides is 1. The lowest BCUT2D eigenvalue weighted by Crippen LogP contribution is -2.35. The van der Waals surface area contributed by atoms with E-state index in [4.69, 9.17) is 0 Å². The van der Waals surface area contributed by atoms with Gasteiger partial charge in [0.25, 0.3) is 0 Å². The Morgan fingerprint density at radius 2 is 1.72 bits per heavy atom. The van der Waals surface area contributed by atoms with Crippen LogP contribution in [0.1, 0.15) is 61.5 Å². The Bertz CT molecular complexity index is 1480. The molecule has 0 amide bonds. The van der Waals surface area contributed by atoms with Crippen molar-refractivity contribution in [1.82, 2.24) is 4.31 Å². The van der Waals surface area contributed by atoms with Gasteiger partial charge in [0.15, 0.2) is 5.78 Å². The van der Waals surface area contributed by atoms with Crippen molar-refractivity contribution >= 4 is 32.3 Å². The second-order valence-corrected chi connectivity index (χ2v) is 12.3. The molecule has 0 saturated carbocycles. The third-order valence-electron chi connectivity index (χ3n) is 7.77. The third kappa shape index (κ3) is 3.97. The van der Waals surface area contributed by atoms with Gasteiger partial charge in [0.05, 0.1) is 4.90 Å². The first-order valence-electron chi connectivity index (χ1n) is 12.8. The van der Waals surface area contributed by atoms with Crippen molar-refractivity contribution in [2.45, 2.75) is 57.3 Å². The molecule has 5 nitrogen and oxygen atoms in total. The number of aryl methyl sites for hydroxylation is 1. The fourth-order valence-corrected chi connectivity index (χ4v) is 7.36. The van der Waals surface area contributed by atoms with Crippen molar-refractivity contribution in [3.05, 3.63) is 83.1 Å². The third-order valence-corrected chi connectivity index (χ3v) is 9.66. The maximum absolute atomic E-state index is 13.7. The lowest BCUT2D eigenvalue weighted by molar-refractivity contribution is 0.104. The molecule has 5 rings (SSSR count). The minimum absolute atomic E-state index is 0.165. The van der Waals surface area contributed by atoms with Crippen molar-refractivity contribution in [3.8, 4) is 0 Å². The Balaban J connectivity index is 1.57. The number of piperidine rings is 1. The summed E-state index contributed by atoms with van der Waals surface area (Å²) in [5.74, 6) is -0.165. The number of ketones is 1. The molecule has 0 spiro atoms. The first kappa shape index (κ1) is 24.7. The van der Waals surface area contributed by atoms with Gasteiger partial charge in [-0.2, -0.15) is 4.31 Å². The number of hydrogen-bond acceptors (Lipinski definition) is 4. The van der Waals surface area contributed by atoms with E-state index >= 15 is 0 Å². The van der Waals surface area contributed by atoms with Gasteiger partial charge in [-0.3, -0.25) is 4.79 Å². The summed E-state index contributed by atoms with van der Waals surface area (Å²) in [5, 5.41) is 2.37.